The maximum absolute atomic E-state index is 11.7. The lowest BCUT2D eigenvalue weighted by Gasteiger charge is -2.24. The van der Waals surface area contributed by atoms with Crippen LogP contribution in [-0.2, 0) is 0 Å². The van der Waals surface area contributed by atoms with Crippen LogP contribution in [0.15, 0.2) is 4.42 Å². The largest absolute Gasteiger partial charge is 0.419 e. The minimum atomic E-state index is -0.623. The second-order valence-corrected chi connectivity index (χ2v) is 4.33. The molecule has 2 N–H and O–H groups in total. The average molecular weight is 197 g/mol. The number of carbonyl (C=O) groups excluding carboxylic acids is 1. The van der Waals surface area contributed by atoms with Crippen molar-refractivity contribution in [2.75, 3.05) is 0 Å². The summed E-state index contributed by atoms with van der Waals surface area (Å²) in [6.45, 7) is 7.29. The molecule has 0 unspecified atom stereocenters. The summed E-state index contributed by atoms with van der Waals surface area (Å²) in [7, 11) is 0. The lowest BCUT2D eigenvalue weighted by Crippen LogP contribution is -2.42. The molecular formula is C9H15N3O2. The van der Waals surface area contributed by atoms with Crippen molar-refractivity contribution in [3.05, 3.63) is 11.8 Å². The van der Waals surface area contributed by atoms with Crippen LogP contribution in [0.2, 0.25) is 0 Å². The molecule has 0 saturated heterocycles. The number of hydrogen-bond acceptors (Lipinski definition) is 5. The maximum Gasteiger partial charge on any atom is 0.285 e. The van der Waals surface area contributed by atoms with Gasteiger partial charge >= 0.3 is 0 Å². The molecule has 1 aromatic heterocycles. The van der Waals surface area contributed by atoms with Crippen molar-refractivity contribution in [2.24, 2.45) is 11.1 Å². The van der Waals surface area contributed by atoms with Crippen molar-refractivity contribution in [1.29, 1.82) is 0 Å². The third kappa shape index (κ3) is 2.17. The third-order valence-electron chi connectivity index (χ3n) is 1.95. The summed E-state index contributed by atoms with van der Waals surface area (Å²) in [6.07, 6.45) is 0. The molecule has 0 fully saturated rings. The number of aryl methyl sites for hydroxylation is 1. The molecule has 1 atom stereocenters. The topological polar surface area (TPSA) is 82.0 Å². The van der Waals surface area contributed by atoms with Crippen molar-refractivity contribution in [2.45, 2.75) is 33.7 Å². The summed E-state index contributed by atoms with van der Waals surface area (Å²) < 4.78 is 5.01. The van der Waals surface area contributed by atoms with Gasteiger partial charge in [0.2, 0.25) is 11.7 Å². The van der Waals surface area contributed by atoms with E-state index >= 15 is 0 Å². The molecule has 0 amide bonds. The van der Waals surface area contributed by atoms with Gasteiger partial charge in [0, 0.05) is 6.92 Å². The molecule has 1 aromatic rings. The number of nitrogens with zero attached hydrogens (tertiary/aromatic N) is 2. The van der Waals surface area contributed by atoms with Gasteiger partial charge in [-0.05, 0) is 5.41 Å². The average Bonchev–Trinajstić information content (AvgIpc) is 2.47. The van der Waals surface area contributed by atoms with E-state index in [-0.39, 0.29) is 17.1 Å². The molecule has 0 aliphatic heterocycles. The van der Waals surface area contributed by atoms with Crippen LogP contribution < -0.4 is 5.73 Å². The van der Waals surface area contributed by atoms with Gasteiger partial charge in [0.1, 0.15) is 0 Å². The smallest absolute Gasteiger partial charge is 0.285 e. The van der Waals surface area contributed by atoms with Crippen LogP contribution >= 0.6 is 0 Å². The van der Waals surface area contributed by atoms with Crippen LogP contribution in [0.3, 0.4) is 0 Å². The number of rotatable bonds is 2. The van der Waals surface area contributed by atoms with Crippen LogP contribution in [0, 0.1) is 12.3 Å². The summed E-state index contributed by atoms with van der Waals surface area (Å²) in [5.74, 6) is 0.0532. The molecule has 14 heavy (non-hydrogen) atoms. The molecule has 0 aliphatic rings. The molecule has 0 radical (unpaired) electrons. The first kappa shape index (κ1) is 10.8. The normalized spacial score (nSPS) is 14.1. The van der Waals surface area contributed by atoms with E-state index in [1.165, 1.54) is 0 Å². The summed E-state index contributed by atoms with van der Waals surface area (Å²) in [5, 5.41) is 7.21. The highest BCUT2D eigenvalue weighted by Gasteiger charge is 2.31. The Morgan fingerprint density at radius 2 is 2.00 bits per heavy atom. The fraction of sp³-hybridized carbons (Fsp3) is 0.667. The van der Waals surface area contributed by atoms with Gasteiger partial charge in [0.25, 0.3) is 5.89 Å². The Hall–Kier alpha value is -1.23. The zero-order chi connectivity index (χ0) is 10.9. The molecule has 1 heterocycles. The van der Waals surface area contributed by atoms with Crippen LogP contribution in [0.4, 0.5) is 0 Å². The van der Waals surface area contributed by atoms with Crippen molar-refractivity contribution >= 4 is 5.78 Å². The second kappa shape index (κ2) is 3.49. The van der Waals surface area contributed by atoms with E-state index in [4.69, 9.17) is 10.2 Å². The van der Waals surface area contributed by atoms with E-state index in [0.717, 1.165) is 0 Å². The van der Waals surface area contributed by atoms with Crippen molar-refractivity contribution < 1.29 is 9.21 Å². The summed E-state index contributed by atoms with van der Waals surface area (Å²) >= 11 is 0. The van der Waals surface area contributed by atoms with E-state index in [9.17, 15) is 4.79 Å². The molecule has 0 aliphatic carbocycles. The molecular weight excluding hydrogens is 182 g/mol. The lowest BCUT2D eigenvalue weighted by atomic mass is 9.85. The first-order chi connectivity index (χ1) is 6.32. The van der Waals surface area contributed by atoms with Gasteiger partial charge in [0.05, 0.1) is 6.04 Å². The highest BCUT2D eigenvalue weighted by Crippen LogP contribution is 2.20. The van der Waals surface area contributed by atoms with E-state index in [0.29, 0.717) is 5.89 Å². The fourth-order valence-electron chi connectivity index (χ4n) is 0.922. The Balaban J connectivity index is 2.86. The highest BCUT2D eigenvalue weighted by molar-refractivity contribution is 5.96. The molecule has 5 nitrogen and oxygen atoms in total. The predicted molar refractivity (Wildman–Crippen MR) is 50.8 cm³/mol. The standard InChI is InChI=1S/C9H15N3O2/c1-5-11-12-8(14-5)6(13)7(10)9(2,3)4/h7H,10H2,1-4H3/t7-/m1/s1. The molecule has 1 rings (SSSR count). The Morgan fingerprint density at radius 3 is 2.36 bits per heavy atom. The summed E-state index contributed by atoms with van der Waals surface area (Å²) in [5.41, 5.74) is 5.45. The number of Topliss-reactive ketones (excluding diaryl/α,β-unsaturated/α-hetero) is 1. The number of carbonyl (C=O) groups is 1. The van der Waals surface area contributed by atoms with Crippen LogP contribution in [0.5, 0.6) is 0 Å². The van der Waals surface area contributed by atoms with Crippen molar-refractivity contribution in [3.8, 4) is 0 Å². The molecule has 0 spiro atoms. The Kier molecular flexibility index (Phi) is 2.71. The highest BCUT2D eigenvalue weighted by atomic mass is 16.4. The third-order valence-corrected chi connectivity index (χ3v) is 1.95. The second-order valence-electron chi connectivity index (χ2n) is 4.33. The van der Waals surface area contributed by atoms with Crippen LogP contribution in [-0.4, -0.2) is 22.0 Å². The molecule has 78 valence electrons. The van der Waals surface area contributed by atoms with Gasteiger partial charge in [-0.25, -0.2) is 0 Å². The maximum atomic E-state index is 11.7. The van der Waals surface area contributed by atoms with Gasteiger partial charge in [-0.2, -0.15) is 0 Å². The zero-order valence-corrected chi connectivity index (χ0v) is 8.87. The van der Waals surface area contributed by atoms with Gasteiger partial charge in [0.15, 0.2) is 0 Å². The number of aromatic nitrogens is 2. The first-order valence-corrected chi connectivity index (χ1v) is 4.42. The molecule has 5 heteroatoms. The van der Waals surface area contributed by atoms with Crippen LogP contribution in [0.25, 0.3) is 0 Å². The van der Waals surface area contributed by atoms with Gasteiger partial charge < -0.3 is 10.2 Å². The fourth-order valence-corrected chi connectivity index (χ4v) is 0.922. The molecule has 0 aromatic carbocycles. The number of hydrogen-bond donors (Lipinski definition) is 1. The van der Waals surface area contributed by atoms with E-state index in [1.54, 1.807) is 6.92 Å². The first-order valence-electron chi connectivity index (χ1n) is 4.42. The molecule has 0 saturated carbocycles. The van der Waals surface area contributed by atoms with Gasteiger partial charge in [-0.3, -0.25) is 4.79 Å². The summed E-state index contributed by atoms with van der Waals surface area (Å²) in [4.78, 5) is 11.7. The number of ketones is 1. The van der Waals surface area contributed by atoms with Gasteiger partial charge in [-0.1, -0.05) is 20.8 Å². The predicted octanol–water partition coefficient (Wildman–Crippen LogP) is 0.934. The van der Waals surface area contributed by atoms with E-state index < -0.39 is 6.04 Å². The zero-order valence-electron chi connectivity index (χ0n) is 8.87. The lowest BCUT2D eigenvalue weighted by molar-refractivity contribution is 0.0864. The summed E-state index contributed by atoms with van der Waals surface area (Å²) in [6, 6.07) is -0.623. The Bertz CT molecular complexity index is 338. The van der Waals surface area contributed by atoms with Crippen molar-refractivity contribution in [1.82, 2.24) is 10.2 Å². The Labute approximate surface area is 82.7 Å². The van der Waals surface area contributed by atoms with Crippen LogP contribution in [0.1, 0.15) is 37.3 Å². The minimum Gasteiger partial charge on any atom is -0.419 e. The monoisotopic (exact) mass is 197 g/mol. The minimum absolute atomic E-state index is 0.00933. The van der Waals surface area contributed by atoms with E-state index in [1.807, 2.05) is 20.8 Å². The van der Waals surface area contributed by atoms with Gasteiger partial charge in [-0.15, -0.1) is 10.2 Å². The molecule has 0 bridgehead atoms. The SMILES string of the molecule is Cc1nnc(C(=O)[C@@H](N)C(C)(C)C)o1. The van der Waals surface area contributed by atoms with E-state index in [2.05, 4.69) is 10.2 Å². The number of nitrogens with two attached hydrogens (primary N) is 1. The van der Waals surface area contributed by atoms with Crippen molar-refractivity contribution in [3.63, 3.8) is 0 Å². The quantitative estimate of drug-likeness (QED) is 0.713. The Morgan fingerprint density at radius 1 is 1.43 bits per heavy atom.